The SMILES string of the molecule is C=CC(=O)NCc1ccc(C(=O)Oc2cccc(C)c2C)cc1. The Morgan fingerprint density at radius 2 is 1.83 bits per heavy atom. The monoisotopic (exact) mass is 309 g/mol. The first-order valence-electron chi connectivity index (χ1n) is 7.29. The molecule has 0 aliphatic rings. The van der Waals surface area contributed by atoms with Gasteiger partial charge in [0.25, 0.3) is 0 Å². The summed E-state index contributed by atoms with van der Waals surface area (Å²) in [6.45, 7) is 7.67. The lowest BCUT2D eigenvalue weighted by atomic mass is 10.1. The first-order valence-corrected chi connectivity index (χ1v) is 7.29. The number of hydrogen-bond acceptors (Lipinski definition) is 3. The van der Waals surface area contributed by atoms with Crippen molar-refractivity contribution in [3.63, 3.8) is 0 Å². The van der Waals surface area contributed by atoms with E-state index >= 15 is 0 Å². The van der Waals surface area contributed by atoms with Crippen molar-refractivity contribution < 1.29 is 14.3 Å². The first-order chi connectivity index (χ1) is 11.0. The molecule has 118 valence electrons. The molecular weight excluding hydrogens is 290 g/mol. The third-order valence-corrected chi connectivity index (χ3v) is 3.60. The zero-order valence-corrected chi connectivity index (χ0v) is 13.3. The van der Waals surface area contributed by atoms with E-state index in [1.54, 1.807) is 30.3 Å². The van der Waals surface area contributed by atoms with Gasteiger partial charge in [0.1, 0.15) is 5.75 Å². The molecule has 0 bridgehead atoms. The van der Waals surface area contributed by atoms with Crippen molar-refractivity contribution in [2.75, 3.05) is 0 Å². The van der Waals surface area contributed by atoms with E-state index in [-0.39, 0.29) is 5.91 Å². The topological polar surface area (TPSA) is 55.4 Å². The van der Waals surface area contributed by atoms with Gasteiger partial charge in [-0.25, -0.2) is 4.79 Å². The molecule has 0 radical (unpaired) electrons. The fourth-order valence-corrected chi connectivity index (χ4v) is 2.01. The molecule has 1 N–H and O–H groups in total. The number of benzene rings is 2. The fourth-order valence-electron chi connectivity index (χ4n) is 2.01. The molecule has 0 saturated heterocycles. The van der Waals surface area contributed by atoms with Gasteiger partial charge >= 0.3 is 5.97 Å². The Labute approximate surface area is 135 Å². The molecule has 4 heteroatoms. The van der Waals surface area contributed by atoms with Gasteiger partial charge in [0, 0.05) is 6.54 Å². The maximum atomic E-state index is 12.2. The van der Waals surface area contributed by atoms with Crippen molar-refractivity contribution in [2.24, 2.45) is 0 Å². The van der Waals surface area contributed by atoms with Gasteiger partial charge in [0.05, 0.1) is 5.56 Å². The predicted molar refractivity (Wildman–Crippen MR) is 89.4 cm³/mol. The molecule has 2 rings (SSSR count). The van der Waals surface area contributed by atoms with Crippen molar-refractivity contribution in [3.8, 4) is 5.75 Å². The van der Waals surface area contributed by atoms with E-state index in [4.69, 9.17) is 4.74 Å². The highest BCUT2D eigenvalue weighted by molar-refractivity contribution is 5.91. The largest absolute Gasteiger partial charge is 0.423 e. The van der Waals surface area contributed by atoms with Gasteiger partial charge in [0.2, 0.25) is 5.91 Å². The summed E-state index contributed by atoms with van der Waals surface area (Å²) in [5.74, 6) is -0.0684. The summed E-state index contributed by atoms with van der Waals surface area (Å²) in [7, 11) is 0. The summed E-state index contributed by atoms with van der Waals surface area (Å²) in [5, 5.41) is 2.68. The Hall–Kier alpha value is -2.88. The van der Waals surface area contributed by atoms with Crippen molar-refractivity contribution >= 4 is 11.9 Å². The molecule has 0 aliphatic carbocycles. The second kappa shape index (κ2) is 7.40. The van der Waals surface area contributed by atoms with Crippen LogP contribution in [0.4, 0.5) is 0 Å². The third kappa shape index (κ3) is 4.30. The smallest absolute Gasteiger partial charge is 0.343 e. The lowest BCUT2D eigenvalue weighted by Crippen LogP contribution is -2.20. The van der Waals surface area contributed by atoms with E-state index < -0.39 is 5.97 Å². The minimum absolute atomic E-state index is 0.233. The fraction of sp³-hybridized carbons (Fsp3) is 0.158. The molecule has 0 aliphatic heterocycles. The minimum Gasteiger partial charge on any atom is -0.423 e. The Balaban J connectivity index is 2.04. The summed E-state index contributed by atoms with van der Waals surface area (Å²) in [5.41, 5.74) is 3.38. The molecule has 23 heavy (non-hydrogen) atoms. The molecular formula is C19H19NO3. The molecule has 0 saturated carbocycles. The maximum absolute atomic E-state index is 12.2. The van der Waals surface area contributed by atoms with Gasteiger partial charge in [-0.3, -0.25) is 4.79 Å². The second-order valence-electron chi connectivity index (χ2n) is 5.21. The summed E-state index contributed by atoms with van der Waals surface area (Å²) in [4.78, 5) is 23.3. The number of esters is 1. The summed E-state index contributed by atoms with van der Waals surface area (Å²) < 4.78 is 5.45. The average molecular weight is 309 g/mol. The Kier molecular flexibility index (Phi) is 5.31. The van der Waals surface area contributed by atoms with Crippen LogP contribution in [0, 0.1) is 13.8 Å². The molecule has 2 aromatic rings. The van der Waals surface area contributed by atoms with Gasteiger partial charge in [-0.1, -0.05) is 30.8 Å². The number of hydrogen-bond donors (Lipinski definition) is 1. The molecule has 0 aromatic heterocycles. The van der Waals surface area contributed by atoms with E-state index in [1.807, 2.05) is 26.0 Å². The molecule has 0 heterocycles. The number of carbonyl (C=O) groups excluding carboxylic acids is 2. The quantitative estimate of drug-likeness (QED) is 0.523. The summed E-state index contributed by atoms with van der Waals surface area (Å²) >= 11 is 0. The van der Waals surface area contributed by atoms with Gasteiger partial charge < -0.3 is 10.1 Å². The van der Waals surface area contributed by atoms with E-state index in [9.17, 15) is 9.59 Å². The number of rotatable bonds is 5. The molecule has 0 unspecified atom stereocenters. The van der Waals surface area contributed by atoms with Crippen molar-refractivity contribution in [1.29, 1.82) is 0 Å². The zero-order chi connectivity index (χ0) is 16.8. The molecule has 0 atom stereocenters. The number of carbonyl (C=O) groups is 2. The van der Waals surface area contributed by atoms with Crippen LogP contribution in [-0.2, 0) is 11.3 Å². The van der Waals surface area contributed by atoms with Crippen LogP contribution in [0.3, 0.4) is 0 Å². The Morgan fingerprint density at radius 1 is 1.13 bits per heavy atom. The molecule has 0 fully saturated rings. The summed E-state index contributed by atoms with van der Waals surface area (Å²) in [6.07, 6.45) is 1.22. The van der Waals surface area contributed by atoms with Crippen LogP contribution >= 0.6 is 0 Å². The van der Waals surface area contributed by atoms with Crippen LogP contribution in [-0.4, -0.2) is 11.9 Å². The van der Waals surface area contributed by atoms with Gasteiger partial charge in [-0.15, -0.1) is 0 Å². The Bertz CT molecular complexity index is 733. The van der Waals surface area contributed by atoms with Gasteiger partial charge in [0.15, 0.2) is 0 Å². The number of aryl methyl sites for hydroxylation is 1. The van der Waals surface area contributed by atoms with Crippen LogP contribution in [0.15, 0.2) is 55.1 Å². The number of amides is 1. The van der Waals surface area contributed by atoms with Crippen molar-refractivity contribution in [3.05, 3.63) is 77.4 Å². The highest BCUT2D eigenvalue weighted by Gasteiger charge is 2.11. The van der Waals surface area contributed by atoms with E-state index in [0.29, 0.717) is 17.9 Å². The normalized spacial score (nSPS) is 10.0. The number of ether oxygens (including phenoxy) is 1. The molecule has 0 spiro atoms. The molecule has 1 amide bonds. The van der Waals surface area contributed by atoms with Gasteiger partial charge in [-0.05, 0) is 54.8 Å². The average Bonchev–Trinajstić information content (AvgIpc) is 2.57. The standard InChI is InChI=1S/C19H19NO3/c1-4-18(21)20-12-15-8-10-16(11-9-15)19(22)23-17-7-5-6-13(2)14(17)3/h4-11H,1,12H2,2-3H3,(H,20,21). The van der Waals surface area contributed by atoms with Gasteiger partial charge in [-0.2, -0.15) is 0 Å². The highest BCUT2D eigenvalue weighted by atomic mass is 16.5. The Morgan fingerprint density at radius 3 is 2.48 bits per heavy atom. The van der Waals surface area contributed by atoms with Crippen molar-refractivity contribution in [1.82, 2.24) is 5.32 Å². The van der Waals surface area contributed by atoms with Crippen LogP contribution in [0.2, 0.25) is 0 Å². The minimum atomic E-state index is -0.402. The highest BCUT2D eigenvalue weighted by Crippen LogP contribution is 2.21. The van der Waals surface area contributed by atoms with Crippen molar-refractivity contribution in [2.45, 2.75) is 20.4 Å². The maximum Gasteiger partial charge on any atom is 0.343 e. The van der Waals surface area contributed by atoms with Crippen LogP contribution in [0.1, 0.15) is 27.0 Å². The predicted octanol–water partition coefficient (Wildman–Crippen LogP) is 3.32. The lowest BCUT2D eigenvalue weighted by molar-refractivity contribution is -0.116. The lowest BCUT2D eigenvalue weighted by Gasteiger charge is -2.09. The molecule has 4 nitrogen and oxygen atoms in total. The van der Waals surface area contributed by atoms with Crippen LogP contribution < -0.4 is 10.1 Å². The van der Waals surface area contributed by atoms with Crippen LogP contribution in [0.25, 0.3) is 0 Å². The first kappa shape index (κ1) is 16.5. The molecule has 2 aromatic carbocycles. The number of nitrogens with one attached hydrogen (secondary N) is 1. The van der Waals surface area contributed by atoms with E-state index in [2.05, 4.69) is 11.9 Å². The summed E-state index contributed by atoms with van der Waals surface area (Å²) in [6, 6.07) is 12.5. The third-order valence-electron chi connectivity index (χ3n) is 3.60. The zero-order valence-electron chi connectivity index (χ0n) is 13.3. The van der Waals surface area contributed by atoms with E-state index in [0.717, 1.165) is 16.7 Å². The van der Waals surface area contributed by atoms with Crippen LogP contribution in [0.5, 0.6) is 5.75 Å². The second-order valence-corrected chi connectivity index (χ2v) is 5.21. The van der Waals surface area contributed by atoms with E-state index in [1.165, 1.54) is 6.08 Å².